The Hall–Kier alpha value is -3.00. The van der Waals surface area contributed by atoms with Gasteiger partial charge in [-0.15, -0.1) is 0 Å². The van der Waals surface area contributed by atoms with E-state index in [1.54, 1.807) is 0 Å². The Labute approximate surface area is 186 Å². The molecule has 0 spiro atoms. The van der Waals surface area contributed by atoms with Crippen molar-refractivity contribution in [1.82, 2.24) is 4.90 Å². The summed E-state index contributed by atoms with van der Waals surface area (Å²) in [4.78, 5) is 1.91. The van der Waals surface area contributed by atoms with Gasteiger partial charge in [-0.2, -0.15) is 0 Å². The number of hydrogen-bond acceptors (Lipinski definition) is 5. The average Bonchev–Trinajstić information content (AvgIpc) is 2.79. The van der Waals surface area contributed by atoms with E-state index in [2.05, 4.69) is 0 Å². The van der Waals surface area contributed by atoms with Crippen LogP contribution in [0.3, 0.4) is 0 Å². The standard InChI is InChI=1S/C25H27F2NO4/c26-20-6-10-24(11-7-20)31-17-22(29)15-28(14-19-4-2-1-3-5-19)16-23(30)18-32-25-12-8-21(27)9-13-25/h1-13,22-23,29-30H,14-18H2. The van der Waals surface area contributed by atoms with Gasteiger partial charge >= 0.3 is 0 Å². The molecule has 3 aromatic carbocycles. The smallest absolute Gasteiger partial charge is 0.123 e. The van der Waals surface area contributed by atoms with Gasteiger partial charge in [-0.05, 0) is 54.1 Å². The SMILES string of the molecule is OC(COc1ccc(F)cc1)CN(Cc1ccccc1)CC(O)COc1ccc(F)cc1. The van der Waals surface area contributed by atoms with Crippen molar-refractivity contribution in [3.8, 4) is 11.5 Å². The zero-order valence-electron chi connectivity index (χ0n) is 17.6. The summed E-state index contributed by atoms with van der Waals surface area (Å²) < 4.78 is 37.1. The summed E-state index contributed by atoms with van der Waals surface area (Å²) in [5.41, 5.74) is 1.03. The van der Waals surface area contributed by atoms with Gasteiger partial charge in [0.15, 0.2) is 0 Å². The lowest BCUT2D eigenvalue weighted by Crippen LogP contribution is -2.41. The highest BCUT2D eigenvalue weighted by molar-refractivity contribution is 5.23. The van der Waals surface area contributed by atoms with Gasteiger partial charge in [0.25, 0.3) is 0 Å². The molecule has 0 aliphatic carbocycles. The molecule has 0 amide bonds. The zero-order valence-corrected chi connectivity index (χ0v) is 17.6. The Kier molecular flexibility index (Phi) is 8.98. The van der Waals surface area contributed by atoms with Crippen molar-refractivity contribution in [3.63, 3.8) is 0 Å². The fraction of sp³-hybridized carbons (Fsp3) is 0.280. The number of halogens is 2. The molecular formula is C25H27F2NO4. The highest BCUT2D eigenvalue weighted by Crippen LogP contribution is 2.14. The molecule has 0 bridgehead atoms. The van der Waals surface area contributed by atoms with Gasteiger partial charge < -0.3 is 19.7 Å². The van der Waals surface area contributed by atoms with Crippen molar-refractivity contribution in [2.75, 3.05) is 26.3 Å². The maximum Gasteiger partial charge on any atom is 0.123 e. The Morgan fingerprint density at radius 2 is 1.09 bits per heavy atom. The number of ether oxygens (including phenoxy) is 2. The summed E-state index contributed by atoms with van der Waals surface area (Å²) >= 11 is 0. The van der Waals surface area contributed by atoms with E-state index >= 15 is 0 Å². The van der Waals surface area contributed by atoms with Gasteiger partial charge in [-0.3, -0.25) is 4.90 Å². The van der Waals surface area contributed by atoms with Gasteiger partial charge in [0, 0.05) is 19.6 Å². The van der Waals surface area contributed by atoms with Crippen molar-refractivity contribution >= 4 is 0 Å². The number of aliphatic hydroxyl groups is 2. The molecule has 0 aromatic heterocycles. The molecule has 0 aliphatic rings. The van der Waals surface area contributed by atoms with Gasteiger partial charge in [0.2, 0.25) is 0 Å². The van der Waals surface area contributed by atoms with Crippen LogP contribution in [0.2, 0.25) is 0 Å². The third-order valence-electron chi connectivity index (χ3n) is 4.70. The van der Waals surface area contributed by atoms with Crippen LogP contribution in [0.25, 0.3) is 0 Å². The van der Waals surface area contributed by atoms with Crippen LogP contribution >= 0.6 is 0 Å². The molecule has 0 radical (unpaired) electrons. The minimum absolute atomic E-state index is 0.0269. The minimum Gasteiger partial charge on any atom is -0.491 e. The Bertz CT molecular complexity index is 865. The molecule has 32 heavy (non-hydrogen) atoms. The summed E-state index contributed by atoms with van der Waals surface area (Å²) in [5.74, 6) is 0.216. The van der Waals surface area contributed by atoms with Gasteiger partial charge in [-0.1, -0.05) is 30.3 Å². The molecule has 0 aliphatic heterocycles. The van der Waals surface area contributed by atoms with Crippen LogP contribution in [0.1, 0.15) is 5.56 Å². The summed E-state index contributed by atoms with van der Waals surface area (Å²) in [6.45, 7) is 1.08. The van der Waals surface area contributed by atoms with Crippen molar-refractivity contribution in [2.45, 2.75) is 18.8 Å². The Balaban J connectivity index is 1.54. The Morgan fingerprint density at radius 1 is 0.656 bits per heavy atom. The molecule has 2 atom stereocenters. The van der Waals surface area contributed by atoms with Gasteiger partial charge in [0.1, 0.15) is 48.6 Å². The number of nitrogens with zero attached hydrogens (tertiary/aromatic N) is 1. The van der Waals surface area contributed by atoms with E-state index < -0.39 is 12.2 Å². The number of aliphatic hydroxyl groups excluding tert-OH is 2. The molecule has 0 saturated carbocycles. The van der Waals surface area contributed by atoms with Crippen LogP contribution in [0.4, 0.5) is 8.78 Å². The fourth-order valence-electron chi connectivity index (χ4n) is 3.19. The second kappa shape index (κ2) is 12.1. The Morgan fingerprint density at radius 3 is 1.53 bits per heavy atom. The summed E-state index contributed by atoms with van der Waals surface area (Å²) in [5, 5.41) is 20.9. The summed E-state index contributed by atoms with van der Waals surface area (Å²) in [6.07, 6.45) is -1.65. The normalized spacial score (nSPS) is 13.0. The fourth-order valence-corrected chi connectivity index (χ4v) is 3.19. The number of benzene rings is 3. The van der Waals surface area contributed by atoms with Crippen LogP contribution < -0.4 is 9.47 Å². The van der Waals surface area contributed by atoms with E-state index in [4.69, 9.17) is 9.47 Å². The van der Waals surface area contributed by atoms with Crippen molar-refractivity contribution < 1.29 is 28.5 Å². The van der Waals surface area contributed by atoms with Gasteiger partial charge in [0.05, 0.1) is 0 Å². The van der Waals surface area contributed by atoms with E-state index in [0.29, 0.717) is 18.0 Å². The van der Waals surface area contributed by atoms with Crippen molar-refractivity contribution in [1.29, 1.82) is 0 Å². The second-order valence-electron chi connectivity index (χ2n) is 7.52. The molecule has 170 valence electrons. The van der Waals surface area contributed by atoms with Crippen molar-refractivity contribution in [3.05, 3.63) is 96.1 Å². The maximum atomic E-state index is 13.0. The van der Waals surface area contributed by atoms with Crippen LogP contribution in [-0.4, -0.2) is 53.6 Å². The first-order valence-corrected chi connectivity index (χ1v) is 10.4. The molecule has 3 aromatic rings. The molecule has 0 saturated heterocycles. The monoisotopic (exact) mass is 443 g/mol. The maximum absolute atomic E-state index is 13.0. The molecular weight excluding hydrogens is 416 g/mol. The highest BCUT2D eigenvalue weighted by Gasteiger charge is 2.17. The quantitative estimate of drug-likeness (QED) is 0.448. The molecule has 2 unspecified atom stereocenters. The molecule has 7 heteroatoms. The zero-order chi connectivity index (χ0) is 22.8. The average molecular weight is 443 g/mol. The summed E-state index contributed by atoms with van der Waals surface area (Å²) in [7, 11) is 0. The molecule has 2 N–H and O–H groups in total. The predicted octanol–water partition coefficient (Wildman–Crippen LogP) is 3.65. The van der Waals surface area contributed by atoms with E-state index in [-0.39, 0.29) is 37.9 Å². The van der Waals surface area contributed by atoms with Crippen LogP contribution in [-0.2, 0) is 6.54 Å². The largest absolute Gasteiger partial charge is 0.491 e. The van der Waals surface area contributed by atoms with E-state index in [9.17, 15) is 19.0 Å². The lowest BCUT2D eigenvalue weighted by molar-refractivity contribution is 0.0282. The van der Waals surface area contributed by atoms with E-state index in [1.165, 1.54) is 48.5 Å². The van der Waals surface area contributed by atoms with Crippen LogP contribution in [0.5, 0.6) is 11.5 Å². The third kappa shape index (κ3) is 8.26. The van der Waals surface area contributed by atoms with Crippen LogP contribution in [0.15, 0.2) is 78.9 Å². The predicted molar refractivity (Wildman–Crippen MR) is 118 cm³/mol. The third-order valence-corrected chi connectivity index (χ3v) is 4.70. The second-order valence-corrected chi connectivity index (χ2v) is 7.52. The van der Waals surface area contributed by atoms with E-state index in [0.717, 1.165) is 5.56 Å². The minimum atomic E-state index is -0.825. The first kappa shape index (κ1) is 23.7. The van der Waals surface area contributed by atoms with E-state index in [1.807, 2.05) is 35.2 Å². The lowest BCUT2D eigenvalue weighted by atomic mass is 10.2. The highest BCUT2D eigenvalue weighted by atomic mass is 19.1. The number of hydrogen-bond donors (Lipinski definition) is 2. The molecule has 3 rings (SSSR count). The topological polar surface area (TPSA) is 62.2 Å². The lowest BCUT2D eigenvalue weighted by Gasteiger charge is -2.27. The first-order valence-electron chi connectivity index (χ1n) is 10.4. The van der Waals surface area contributed by atoms with Crippen molar-refractivity contribution in [2.24, 2.45) is 0 Å². The summed E-state index contributed by atoms with van der Waals surface area (Å²) in [6, 6.07) is 20.9. The van der Waals surface area contributed by atoms with Gasteiger partial charge in [-0.25, -0.2) is 8.78 Å². The first-order chi connectivity index (χ1) is 15.5. The number of rotatable bonds is 12. The molecule has 5 nitrogen and oxygen atoms in total. The molecule has 0 heterocycles. The molecule has 0 fully saturated rings. The van der Waals surface area contributed by atoms with Crippen LogP contribution in [0, 0.1) is 11.6 Å².